The van der Waals surface area contributed by atoms with Crippen molar-refractivity contribution >= 4 is 17.5 Å². The van der Waals surface area contributed by atoms with E-state index >= 15 is 0 Å². The van der Waals surface area contributed by atoms with Crippen LogP contribution in [0, 0.1) is 12.3 Å². The first-order chi connectivity index (χ1) is 13.1. The van der Waals surface area contributed by atoms with Crippen molar-refractivity contribution in [2.45, 2.75) is 47.0 Å². The largest absolute Gasteiger partial charge is 0.345 e. The van der Waals surface area contributed by atoms with Gasteiger partial charge < -0.3 is 10.2 Å². The molecule has 2 amide bonds. The van der Waals surface area contributed by atoms with Gasteiger partial charge in [-0.25, -0.2) is 0 Å². The van der Waals surface area contributed by atoms with Gasteiger partial charge in [-0.05, 0) is 61.9 Å². The quantitative estimate of drug-likeness (QED) is 0.732. The van der Waals surface area contributed by atoms with Crippen molar-refractivity contribution in [3.05, 3.63) is 59.4 Å². The van der Waals surface area contributed by atoms with Crippen molar-refractivity contribution in [2.75, 3.05) is 18.9 Å². The number of hydrogen-bond acceptors (Lipinski definition) is 3. The molecule has 0 spiro atoms. The molecule has 5 nitrogen and oxygen atoms in total. The van der Waals surface area contributed by atoms with Gasteiger partial charge in [0.25, 0.3) is 0 Å². The molecule has 2 rings (SSSR count). The number of amides is 2. The van der Waals surface area contributed by atoms with Gasteiger partial charge in [0.1, 0.15) is 5.41 Å². The lowest BCUT2D eigenvalue weighted by Crippen LogP contribution is -2.46. The van der Waals surface area contributed by atoms with Gasteiger partial charge in [-0.15, -0.1) is 0 Å². The van der Waals surface area contributed by atoms with E-state index in [1.165, 1.54) is 0 Å². The molecule has 1 aromatic heterocycles. The average Bonchev–Trinajstić information content (AvgIpc) is 2.67. The number of likely N-dealkylation sites (N-methyl/N-ethyl adjacent to an activating group) is 1. The molecule has 1 heterocycles. The number of carbonyl (C=O) groups excluding carboxylic acids is 2. The van der Waals surface area contributed by atoms with Crippen LogP contribution in [0.15, 0.2) is 42.7 Å². The van der Waals surface area contributed by atoms with Gasteiger partial charge in [0.15, 0.2) is 0 Å². The lowest BCUT2D eigenvalue weighted by atomic mass is 9.89. The molecule has 0 aliphatic heterocycles. The van der Waals surface area contributed by atoms with Gasteiger partial charge in [-0.2, -0.15) is 0 Å². The first-order valence-electron chi connectivity index (χ1n) is 9.70. The summed E-state index contributed by atoms with van der Waals surface area (Å²) in [4.78, 5) is 31.6. The van der Waals surface area contributed by atoms with E-state index < -0.39 is 5.41 Å². The maximum atomic E-state index is 13.0. The molecule has 0 fully saturated rings. The zero-order valence-corrected chi connectivity index (χ0v) is 17.7. The predicted octanol–water partition coefficient (Wildman–Crippen LogP) is 4.18. The highest BCUT2D eigenvalue weighted by Gasteiger charge is 2.38. The number of anilines is 1. The van der Waals surface area contributed by atoms with Gasteiger partial charge in [-0.1, -0.05) is 32.0 Å². The molecular formula is C23H31N3O2. The van der Waals surface area contributed by atoms with Crippen molar-refractivity contribution in [3.63, 3.8) is 0 Å². The van der Waals surface area contributed by atoms with Crippen molar-refractivity contribution < 1.29 is 9.59 Å². The fourth-order valence-electron chi connectivity index (χ4n) is 3.13. The van der Waals surface area contributed by atoms with E-state index in [9.17, 15) is 9.59 Å². The fraction of sp³-hybridized carbons (Fsp3) is 0.435. The summed E-state index contributed by atoms with van der Waals surface area (Å²) < 4.78 is 0. The minimum atomic E-state index is -1.16. The zero-order chi connectivity index (χ0) is 20.9. The average molecular weight is 382 g/mol. The van der Waals surface area contributed by atoms with E-state index in [2.05, 4.69) is 24.1 Å². The fourth-order valence-corrected chi connectivity index (χ4v) is 3.13. The minimum Gasteiger partial charge on any atom is -0.345 e. The summed E-state index contributed by atoms with van der Waals surface area (Å²) in [7, 11) is 1.74. The second-order valence-corrected chi connectivity index (χ2v) is 8.11. The molecule has 0 aliphatic rings. The lowest BCUT2D eigenvalue weighted by Gasteiger charge is -2.29. The van der Waals surface area contributed by atoms with E-state index in [1.54, 1.807) is 38.2 Å². The Morgan fingerprint density at radius 1 is 1.14 bits per heavy atom. The van der Waals surface area contributed by atoms with Crippen LogP contribution in [-0.4, -0.2) is 35.3 Å². The number of pyridine rings is 1. The molecule has 0 radical (unpaired) electrons. The van der Waals surface area contributed by atoms with Crippen LogP contribution in [0.1, 0.15) is 50.3 Å². The van der Waals surface area contributed by atoms with Gasteiger partial charge >= 0.3 is 0 Å². The number of aromatic nitrogens is 1. The van der Waals surface area contributed by atoms with E-state index in [-0.39, 0.29) is 17.7 Å². The Hall–Kier alpha value is -2.69. The lowest BCUT2D eigenvalue weighted by molar-refractivity contribution is -0.145. The van der Waals surface area contributed by atoms with Crippen LogP contribution in [0.25, 0.3) is 0 Å². The Morgan fingerprint density at radius 3 is 2.39 bits per heavy atom. The molecule has 2 aromatic rings. The highest BCUT2D eigenvalue weighted by Crippen LogP contribution is 2.30. The zero-order valence-electron chi connectivity index (χ0n) is 17.7. The third-order valence-corrected chi connectivity index (χ3v) is 5.10. The Balaban J connectivity index is 2.10. The molecule has 150 valence electrons. The van der Waals surface area contributed by atoms with Crippen LogP contribution in [0.3, 0.4) is 0 Å². The number of hydrogen-bond donors (Lipinski definition) is 1. The summed E-state index contributed by atoms with van der Waals surface area (Å²) in [6.45, 7) is 10.1. The highest BCUT2D eigenvalue weighted by molar-refractivity contribution is 6.10. The summed E-state index contributed by atoms with van der Waals surface area (Å²) in [5, 5.41) is 3.02. The third-order valence-electron chi connectivity index (χ3n) is 5.10. The summed E-state index contributed by atoms with van der Waals surface area (Å²) >= 11 is 0. The van der Waals surface area contributed by atoms with Gasteiger partial charge in [0.2, 0.25) is 11.8 Å². The molecule has 0 saturated carbocycles. The van der Waals surface area contributed by atoms with Gasteiger partial charge in [-0.3, -0.25) is 14.6 Å². The van der Waals surface area contributed by atoms with E-state index in [0.29, 0.717) is 6.54 Å². The molecule has 0 saturated heterocycles. The Labute approximate surface area is 168 Å². The molecule has 0 unspecified atom stereocenters. The van der Waals surface area contributed by atoms with Gasteiger partial charge in [0.05, 0.1) is 0 Å². The van der Waals surface area contributed by atoms with Crippen LogP contribution in [-0.2, 0) is 16.0 Å². The number of rotatable bonds is 7. The molecule has 5 heteroatoms. The number of aryl methyl sites for hydroxylation is 1. The number of benzene rings is 1. The smallest absolute Gasteiger partial charge is 0.239 e. The van der Waals surface area contributed by atoms with Crippen molar-refractivity contribution in [2.24, 2.45) is 5.41 Å². The van der Waals surface area contributed by atoms with Crippen molar-refractivity contribution in [1.82, 2.24) is 9.88 Å². The maximum Gasteiger partial charge on any atom is 0.239 e. The van der Waals surface area contributed by atoms with Crippen LogP contribution in [0.4, 0.5) is 5.69 Å². The first-order valence-corrected chi connectivity index (χ1v) is 9.70. The number of nitrogens with zero attached hydrogens (tertiary/aromatic N) is 2. The SMILES string of the molecule is Cc1cccc(C(C)C)c1NC(=O)C(C)(C)C(=O)N(C)CCc1ccncc1. The number of carbonyl (C=O) groups is 2. The second kappa shape index (κ2) is 9.00. The number of para-hydroxylation sites is 1. The van der Waals surface area contributed by atoms with E-state index in [0.717, 1.165) is 28.8 Å². The van der Waals surface area contributed by atoms with Crippen LogP contribution in [0.5, 0.6) is 0 Å². The molecule has 28 heavy (non-hydrogen) atoms. The molecule has 0 bridgehead atoms. The molecular weight excluding hydrogens is 350 g/mol. The summed E-state index contributed by atoms with van der Waals surface area (Å²) in [5.41, 5.74) is 2.82. The van der Waals surface area contributed by atoms with E-state index in [4.69, 9.17) is 0 Å². The summed E-state index contributed by atoms with van der Waals surface area (Å²) in [6.07, 6.45) is 4.20. The van der Waals surface area contributed by atoms with Crippen LogP contribution < -0.4 is 5.32 Å². The van der Waals surface area contributed by atoms with Crippen molar-refractivity contribution in [1.29, 1.82) is 0 Å². The summed E-state index contributed by atoms with van der Waals surface area (Å²) in [5.74, 6) is -0.208. The minimum absolute atomic E-state index is 0.196. The monoisotopic (exact) mass is 381 g/mol. The maximum absolute atomic E-state index is 13.0. The first kappa shape index (κ1) is 21.6. The van der Waals surface area contributed by atoms with Crippen LogP contribution in [0.2, 0.25) is 0 Å². The molecule has 0 aliphatic carbocycles. The Bertz CT molecular complexity index is 829. The standard InChI is InChI=1S/C23H31N3O2/c1-16(2)19-9-7-8-17(3)20(19)25-21(27)23(4,5)22(28)26(6)15-12-18-10-13-24-14-11-18/h7-11,13-14,16H,12,15H2,1-6H3,(H,25,27). The topological polar surface area (TPSA) is 62.3 Å². The Kier molecular flexibility index (Phi) is 6.95. The normalized spacial score (nSPS) is 11.4. The van der Waals surface area contributed by atoms with Crippen LogP contribution >= 0.6 is 0 Å². The molecule has 1 aromatic carbocycles. The Morgan fingerprint density at radius 2 is 1.79 bits per heavy atom. The van der Waals surface area contributed by atoms with Gasteiger partial charge in [0, 0.05) is 31.7 Å². The molecule has 1 N–H and O–H groups in total. The van der Waals surface area contributed by atoms with E-state index in [1.807, 2.05) is 37.3 Å². The number of nitrogens with one attached hydrogen (secondary N) is 1. The summed E-state index contributed by atoms with van der Waals surface area (Å²) in [6, 6.07) is 9.84. The third kappa shape index (κ3) is 4.97. The second-order valence-electron chi connectivity index (χ2n) is 8.11. The highest BCUT2D eigenvalue weighted by atomic mass is 16.2. The van der Waals surface area contributed by atoms with Crippen molar-refractivity contribution in [3.8, 4) is 0 Å². The molecule has 0 atom stereocenters. The predicted molar refractivity (Wildman–Crippen MR) is 113 cm³/mol.